The molecule has 2 aromatic carbocycles. The van der Waals surface area contributed by atoms with Crippen molar-refractivity contribution in [2.75, 3.05) is 24.4 Å². The van der Waals surface area contributed by atoms with Crippen LogP contribution in [0.5, 0.6) is 0 Å². The van der Waals surface area contributed by atoms with Crippen LogP contribution in [0.3, 0.4) is 0 Å². The van der Waals surface area contributed by atoms with Crippen LogP contribution in [0.15, 0.2) is 41.3 Å². The molecule has 122 valence electrons. The molecule has 0 spiro atoms. The van der Waals surface area contributed by atoms with Gasteiger partial charge < -0.3 is 4.90 Å². The van der Waals surface area contributed by atoms with Crippen molar-refractivity contribution >= 4 is 32.4 Å². The number of hydrogen-bond acceptors (Lipinski definition) is 3. The number of likely N-dealkylation sites (N-methyl/N-ethyl adjacent to an activating group) is 1. The van der Waals surface area contributed by atoms with Crippen molar-refractivity contribution in [2.24, 2.45) is 0 Å². The maximum Gasteiger partial charge on any atom is 0.265 e. The molecule has 1 aliphatic heterocycles. The van der Waals surface area contributed by atoms with Gasteiger partial charge in [0.05, 0.1) is 10.6 Å². The molecule has 0 N–H and O–H groups in total. The molecule has 1 amide bonds. The minimum atomic E-state index is -3.66. The Morgan fingerprint density at radius 1 is 1.17 bits per heavy atom. The molecule has 3 rings (SSSR count). The average Bonchev–Trinajstić information content (AvgIpc) is 2.76. The van der Waals surface area contributed by atoms with E-state index in [1.165, 1.54) is 4.31 Å². The van der Waals surface area contributed by atoms with E-state index in [0.717, 1.165) is 18.2 Å². The summed E-state index contributed by atoms with van der Waals surface area (Å²) in [5, 5.41) is 1.58. The summed E-state index contributed by atoms with van der Waals surface area (Å²) in [7, 11) is -1.95. The fourth-order valence-corrected chi connectivity index (χ4v) is 4.55. The number of rotatable bonds is 5. The smallest absolute Gasteiger partial charge is 0.265 e. The van der Waals surface area contributed by atoms with Gasteiger partial charge in [-0.15, -0.1) is 0 Å². The third-order valence-electron chi connectivity index (χ3n) is 4.23. The maximum absolute atomic E-state index is 12.8. The fourth-order valence-electron chi connectivity index (χ4n) is 2.89. The molecule has 0 saturated heterocycles. The Morgan fingerprint density at radius 3 is 2.57 bits per heavy atom. The van der Waals surface area contributed by atoms with Gasteiger partial charge in [0.15, 0.2) is 0 Å². The number of carbonyl (C=O) groups excluding carboxylic acids is 1. The van der Waals surface area contributed by atoms with E-state index in [1.807, 2.05) is 18.2 Å². The van der Waals surface area contributed by atoms with Crippen LogP contribution >= 0.6 is 0 Å². The summed E-state index contributed by atoms with van der Waals surface area (Å²) in [4.78, 5) is 14.3. The molecule has 0 fully saturated rings. The summed E-state index contributed by atoms with van der Waals surface area (Å²) >= 11 is 0. The second-order valence-electron chi connectivity index (χ2n) is 5.81. The van der Waals surface area contributed by atoms with E-state index in [9.17, 15) is 13.2 Å². The highest BCUT2D eigenvalue weighted by molar-refractivity contribution is 7.93. The number of sulfonamides is 1. The van der Waals surface area contributed by atoms with Gasteiger partial charge in [0.1, 0.15) is 6.54 Å². The van der Waals surface area contributed by atoms with E-state index < -0.39 is 10.0 Å². The van der Waals surface area contributed by atoms with Gasteiger partial charge in [0.2, 0.25) is 5.91 Å². The van der Waals surface area contributed by atoms with Crippen molar-refractivity contribution in [3.05, 3.63) is 36.4 Å². The number of carbonyl (C=O) groups is 1. The van der Waals surface area contributed by atoms with E-state index in [-0.39, 0.29) is 17.3 Å². The van der Waals surface area contributed by atoms with Gasteiger partial charge in [-0.2, -0.15) is 0 Å². The lowest BCUT2D eigenvalue weighted by Crippen LogP contribution is -2.40. The number of anilines is 1. The summed E-state index contributed by atoms with van der Waals surface area (Å²) in [6.45, 7) is 2.54. The van der Waals surface area contributed by atoms with Crippen LogP contribution in [-0.2, 0) is 14.8 Å². The Balaban J connectivity index is 1.96. The summed E-state index contributed by atoms with van der Waals surface area (Å²) in [5.41, 5.74) is 0.593. The van der Waals surface area contributed by atoms with Crippen LogP contribution in [0.1, 0.15) is 19.8 Å². The Bertz CT molecular complexity index is 856. The minimum absolute atomic E-state index is 0.156. The van der Waals surface area contributed by atoms with Crippen LogP contribution in [0.2, 0.25) is 0 Å². The van der Waals surface area contributed by atoms with Crippen molar-refractivity contribution in [3.63, 3.8) is 0 Å². The number of hydrogen-bond donors (Lipinski definition) is 0. The van der Waals surface area contributed by atoms with E-state index in [2.05, 4.69) is 6.92 Å². The van der Waals surface area contributed by atoms with E-state index in [1.54, 1.807) is 30.1 Å². The van der Waals surface area contributed by atoms with Gasteiger partial charge in [-0.25, -0.2) is 8.42 Å². The maximum atomic E-state index is 12.8. The molecule has 5 nitrogen and oxygen atoms in total. The van der Waals surface area contributed by atoms with Gasteiger partial charge in [-0.05, 0) is 23.9 Å². The van der Waals surface area contributed by atoms with Crippen molar-refractivity contribution < 1.29 is 13.2 Å². The molecule has 0 radical (unpaired) electrons. The molecule has 2 aromatic rings. The monoisotopic (exact) mass is 332 g/mol. The minimum Gasteiger partial charge on any atom is -0.344 e. The normalized spacial score (nSPS) is 15.1. The summed E-state index contributed by atoms with van der Waals surface area (Å²) < 4.78 is 26.8. The third-order valence-corrected chi connectivity index (χ3v) is 6.04. The highest BCUT2D eigenvalue weighted by Crippen LogP contribution is 2.41. The predicted octanol–water partition coefficient (Wildman–Crippen LogP) is 2.61. The van der Waals surface area contributed by atoms with Crippen LogP contribution in [0, 0.1) is 0 Å². The van der Waals surface area contributed by atoms with E-state index >= 15 is 0 Å². The number of amides is 1. The molecule has 23 heavy (non-hydrogen) atoms. The molecule has 0 unspecified atom stereocenters. The van der Waals surface area contributed by atoms with Crippen LogP contribution in [0.25, 0.3) is 10.8 Å². The zero-order valence-corrected chi connectivity index (χ0v) is 14.1. The van der Waals surface area contributed by atoms with Crippen molar-refractivity contribution in [1.29, 1.82) is 0 Å². The standard InChI is InChI=1S/C17H20N2O3S/c1-3-4-11-18(2)16(20)12-19-14-9-5-7-13-8-6-10-15(17(13)14)23(19,21)22/h5-10H,3-4,11-12H2,1-2H3. The zero-order valence-electron chi connectivity index (χ0n) is 13.3. The molecule has 0 aromatic heterocycles. The number of nitrogens with zero attached hydrogens (tertiary/aromatic N) is 2. The van der Waals surface area contributed by atoms with Gasteiger partial charge in [0.25, 0.3) is 10.0 Å². The largest absolute Gasteiger partial charge is 0.344 e. The molecule has 0 atom stereocenters. The highest BCUT2D eigenvalue weighted by atomic mass is 32.2. The Morgan fingerprint density at radius 2 is 1.87 bits per heavy atom. The van der Waals surface area contributed by atoms with Crippen molar-refractivity contribution in [1.82, 2.24) is 4.90 Å². The Hall–Kier alpha value is -2.08. The van der Waals surface area contributed by atoms with Gasteiger partial charge in [-0.3, -0.25) is 9.10 Å². The lowest BCUT2D eigenvalue weighted by Gasteiger charge is -2.22. The second-order valence-corrected chi connectivity index (χ2v) is 7.64. The van der Waals surface area contributed by atoms with Crippen molar-refractivity contribution in [3.8, 4) is 0 Å². The first-order chi connectivity index (χ1) is 11.0. The highest BCUT2D eigenvalue weighted by Gasteiger charge is 2.36. The molecule has 0 saturated carbocycles. The Kier molecular flexibility index (Phi) is 4.02. The Labute approximate surface area is 136 Å². The molecule has 1 aliphatic rings. The topological polar surface area (TPSA) is 57.7 Å². The van der Waals surface area contributed by atoms with Crippen LogP contribution < -0.4 is 4.31 Å². The lowest BCUT2D eigenvalue weighted by molar-refractivity contribution is -0.128. The van der Waals surface area contributed by atoms with Gasteiger partial charge in [-0.1, -0.05) is 37.6 Å². The molecular weight excluding hydrogens is 312 g/mol. The van der Waals surface area contributed by atoms with Gasteiger partial charge in [0, 0.05) is 19.0 Å². The van der Waals surface area contributed by atoms with Gasteiger partial charge >= 0.3 is 0 Å². The van der Waals surface area contributed by atoms with Crippen LogP contribution in [-0.4, -0.2) is 39.4 Å². The zero-order chi connectivity index (χ0) is 16.6. The quantitative estimate of drug-likeness (QED) is 0.846. The first-order valence-corrected chi connectivity index (χ1v) is 9.19. The second kappa shape index (κ2) is 5.85. The number of benzene rings is 2. The lowest BCUT2D eigenvalue weighted by atomic mass is 10.1. The van der Waals surface area contributed by atoms with Crippen molar-refractivity contribution in [2.45, 2.75) is 24.7 Å². The average molecular weight is 332 g/mol. The summed E-state index contributed by atoms with van der Waals surface area (Å²) in [6.07, 6.45) is 1.90. The van der Waals surface area contributed by atoms with E-state index in [0.29, 0.717) is 17.6 Å². The first kappa shape index (κ1) is 15.8. The number of unbranched alkanes of at least 4 members (excludes halogenated alkanes) is 1. The molecular formula is C17H20N2O3S. The molecule has 0 aliphatic carbocycles. The molecule has 6 heteroatoms. The SMILES string of the molecule is CCCCN(C)C(=O)CN1c2cccc3cccc(c23)S1(=O)=O. The predicted molar refractivity (Wildman–Crippen MR) is 91.0 cm³/mol. The first-order valence-electron chi connectivity index (χ1n) is 7.75. The van der Waals surface area contributed by atoms with E-state index in [4.69, 9.17) is 0 Å². The summed E-state index contributed by atoms with van der Waals surface area (Å²) in [5.74, 6) is -0.188. The molecule has 1 heterocycles. The van der Waals surface area contributed by atoms with Crippen LogP contribution in [0.4, 0.5) is 5.69 Å². The molecule has 0 bridgehead atoms. The third kappa shape index (κ3) is 2.57. The fraction of sp³-hybridized carbons (Fsp3) is 0.353. The summed E-state index contributed by atoms with van der Waals surface area (Å²) in [6, 6.07) is 10.7.